The lowest BCUT2D eigenvalue weighted by Gasteiger charge is -2.22. The van der Waals surface area contributed by atoms with Crippen LogP contribution in [-0.2, 0) is 9.13 Å². The molecule has 0 radical (unpaired) electrons. The first-order valence-electron chi connectivity index (χ1n) is 1.76. The van der Waals surface area contributed by atoms with Crippen LogP contribution in [0.5, 0.6) is 0 Å². The molecule has 0 aliphatic carbocycles. The third-order valence-electron chi connectivity index (χ3n) is 0.357. The third kappa shape index (κ3) is 8.30. The Hall–Kier alpha value is 0.300. The van der Waals surface area contributed by atoms with E-state index in [0.717, 1.165) is 0 Å². The molecule has 56 valence electrons. The van der Waals surface area contributed by atoms with Gasteiger partial charge in [0.2, 0.25) is 0 Å². The molecule has 0 aromatic heterocycles. The average molecular weight is 174 g/mol. The average Bonchev–Trinajstić information content (AvgIpc) is 1.14. The van der Waals surface area contributed by atoms with Crippen LogP contribution in [0.15, 0.2) is 0 Å². The highest BCUT2D eigenvalue weighted by Gasteiger charge is 2.10. The van der Waals surface area contributed by atoms with E-state index in [1.807, 2.05) is 0 Å². The van der Waals surface area contributed by atoms with Gasteiger partial charge in [-0.25, -0.2) is 0 Å². The Labute approximate surface area is 50.8 Å². The molecule has 0 aromatic rings. The zero-order valence-electron chi connectivity index (χ0n) is 4.13. The highest BCUT2D eigenvalue weighted by atomic mass is 31.2. The summed E-state index contributed by atoms with van der Waals surface area (Å²) in [5, 5.41) is 0. The summed E-state index contributed by atoms with van der Waals surface area (Å²) in [6, 6.07) is 0. The first-order valence-corrected chi connectivity index (χ1v) is 5.29. The Bertz CT molecular complexity index is 151. The minimum absolute atomic E-state index is 1.60. The van der Waals surface area contributed by atoms with E-state index in [0.29, 0.717) is 0 Å². The van der Waals surface area contributed by atoms with E-state index in [1.54, 1.807) is 0 Å². The molecule has 0 fully saturated rings. The van der Waals surface area contributed by atoms with E-state index in [2.05, 4.69) is 0 Å². The van der Waals surface area contributed by atoms with Gasteiger partial charge < -0.3 is 28.7 Å². The second-order valence-electron chi connectivity index (χ2n) is 1.42. The van der Waals surface area contributed by atoms with Gasteiger partial charge in [0.25, 0.3) is 0 Å². The molecule has 0 saturated heterocycles. The van der Waals surface area contributed by atoms with Crippen molar-refractivity contribution in [3.05, 3.63) is 0 Å². The zero-order valence-corrected chi connectivity index (χ0v) is 5.92. The Morgan fingerprint density at radius 3 is 1.33 bits per heavy atom. The van der Waals surface area contributed by atoms with Crippen LogP contribution in [0.2, 0.25) is 0 Å². The molecule has 6 nitrogen and oxygen atoms in total. The van der Waals surface area contributed by atoms with Crippen molar-refractivity contribution in [1.29, 1.82) is 0 Å². The fraction of sp³-hybridized carbons (Fsp3) is 1.00. The fourth-order valence-corrected chi connectivity index (χ4v) is 2.03. The lowest BCUT2D eigenvalue weighted by molar-refractivity contribution is -0.201. The second-order valence-corrected chi connectivity index (χ2v) is 5.10. The monoisotopic (exact) mass is 174 g/mol. The molecule has 0 aromatic carbocycles. The molecule has 0 aliphatic rings. The van der Waals surface area contributed by atoms with Crippen LogP contribution in [0.4, 0.5) is 0 Å². The molecule has 0 rings (SSSR count). The highest BCUT2D eigenvalue weighted by Crippen LogP contribution is 2.45. The molecule has 2 N–H and O–H groups in total. The summed E-state index contributed by atoms with van der Waals surface area (Å²) < 4.78 is 19.4. The minimum atomic E-state index is -4.86. The summed E-state index contributed by atoms with van der Waals surface area (Å²) in [7, 11) is -9.73. The van der Waals surface area contributed by atoms with Crippen molar-refractivity contribution in [3.8, 4) is 0 Å². The molecule has 0 aliphatic heterocycles. The summed E-state index contributed by atoms with van der Waals surface area (Å²) in [5.74, 6) is -1.60. The molecule has 0 saturated carbocycles. The van der Waals surface area contributed by atoms with Gasteiger partial charge in [0.15, 0.2) is 0 Å². The van der Waals surface area contributed by atoms with E-state index in [-0.39, 0.29) is 0 Å². The number of hydrogen-bond donors (Lipinski definition) is 2. The lowest BCUT2D eigenvalue weighted by atomic mass is 11.9. The maximum Gasteiger partial charge on any atom is 0.140 e. The van der Waals surface area contributed by atoms with Crippen LogP contribution in [-0.4, -0.2) is 15.7 Å². The summed E-state index contributed by atoms with van der Waals surface area (Å²) in [6.45, 7) is 0. The molecule has 2 unspecified atom stereocenters. The Kier molecular flexibility index (Phi) is 2.58. The lowest BCUT2D eigenvalue weighted by Crippen LogP contribution is -2.10. The largest absolute Gasteiger partial charge is 0.778 e. The van der Waals surface area contributed by atoms with Crippen molar-refractivity contribution in [1.82, 2.24) is 0 Å². The van der Waals surface area contributed by atoms with Crippen LogP contribution < -0.4 is 9.79 Å². The summed E-state index contributed by atoms with van der Waals surface area (Å²) in [4.78, 5) is 35.0. The van der Waals surface area contributed by atoms with Crippen LogP contribution in [0.3, 0.4) is 0 Å². The molecule has 8 heteroatoms. The molecular formula is CH4O6P2-2. The first kappa shape index (κ1) is 9.30. The molecule has 0 bridgehead atoms. The molecular weight excluding hydrogens is 170 g/mol. The van der Waals surface area contributed by atoms with Crippen molar-refractivity contribution in [2.45, 2.75) is 0 Å². The van der Waals surface area contributed by atoms with Crippen molar-refractivity contribution < 1.29 is 28.7 Å². The summed E-state index contributed by atoms with van der Waals surface area (Å²) in [5.41, 5.74) is 0. The highest BCUT2D eigenvalue weighted by molar-refractivity contribution is 7.68. The Balaban J connectivity index is 4.07. The maximum atomic E-state index is 9.70. The maximum absolute atomic E-state index is 9.70. The zero-order chi connectivity index (χ0) is 7.71. The van der Waals surface area contributed by atoms with Crippen LogP contribution in [0.1, 0.15) is 0 Å². The quantitative estimate of drug-likeness (QED) is 0.468. The minimum Gasteiger partial charge on any atom is -0.778 e. The fourth-order valence-electron chi connectivity index (χ4n) is 0.226. The summed E-state index contributed by atoms with van der Waals surface area (Å²) >= 11 is 0. The van der Waals surface area contributed by atoms with Gasteiger partial charge in [-0.05, 0) is 0 Å². The standard InChI is InChI=1S/CH6O6P2/c2-8(3,4)1-9(5,6)7/h1H2,(H2,2,3,4)(H2,5,6,7)/p-2. The van der Waals surface area contributed by atoms with Crippen molar-refractivity contribution in [2.24, 2.45) is 0 Å². The topological polar surface area (TPSA) is 121 Å². The molecule has 9 heavy (non-hydrogen) atoms. The van der Waals surface area contributed by atoms with Gasteiger partial charge in [-0.15, -0.1) is 0 Å². The normalized spacial score (nSPS) is 24.4. The summed E-state index contributed by atoms with van der Waals surface area (Å²) in [6.07, 6.45) is 0. The van der Waals surface area contributed by atoms with Crippen molar-refractivity contribution >= 4 is 15.2 Å². The van der Waals surface area contributed by atoms with Crippen molar-refractivity contribution in [3.63, 3.8) is 0 Å². The van der Waals surface area contributed by atoms with Gasteiger partial charge >= 0.3 is 0 Å². The first-order chi connectivity index (χ1) is 3.71. The van der Waals surface area contributed by atoms with Gasteiger partial charge in [0.1, 0.15) is 15.2 Å². The van der Waals surface area contributed by atoms with Gasteiger partial charge in [0, 0.05) is 0 Å². The SMILES string of the molecule is O=P([O-])(O)CP(=O)([O-])O. The van der Waals surface area contributed by atoms with Gasteiger partial charge in [0.05, 0.1) is 5.90 Å². The van der Waals surface area contributed by atoms with E-state index < -0.39 is 21.1 Å². The number of hydrogen-bond acceptors (Lipinski definition) is 4. The van der Waals surface area contributed by atoms with Crippen LogP contribution >= 0.6 is 15.2 Å². The van der Waals surface area contributed by atoms with E-state index in [9.17, 15) is 18.9 Å². The predicted octanol–water partition coefficient (Wildman–Crippen LogP) is -1.96. The van der Waals surface area contributed by atoms with Crippen LogP contribution in [0.25, 0.3) is 0 Å². The van der Waals surface area contributed by atoms with E-state index in [1.165, 1.54) is 0 Å². The van der Waals surface area contributed by atoms with Gasteiger partial charge in [-0.3, -0.25) is 0 Å². The van der Waals surface area contributed by atoms with E-state index in [4.69, 9.17) is 9.79 Å². The Morgan fingerprint density at radius 2 is 1.33 bits per heavy atom. The molecule has 0 spiro atoms. The Morgan fingerprint density at radius 1 is 1.11 bits per heavy atom. The van der Waals surface area contributed by atoms with Crippen molar-refractivity contribution in [2.75, 3.05) is 5.90 Å². The smallest absolute Gasteiger partial charge is 0.140 e. The number of rotatable bonds is 2. The second kappa shape index (κ2) is 2.50. The molecule has 0 amide bonds. The predicted molar refractivity (Wildman–Crippen MR) is 24.5 cm³/mol. The van der Waals surface area contributed by atoms with Gasteiger partial charge in [-0.2, -0.15) is 0 Å². The van der Waals surface area contributed by atoms with Gasteiger partial charge in [-0.1, -0.05) is 0 Å². The van der Waals surface area contributed by atoms with E-state index >= 15 is 0 Å². The third-order valence-corrected chi connectivity index (χ3v) is 3.22. The molecule has 0 heterocycles. The molecule has 2 atom stereocenters. The van der Waals surface area contributed by atoms with Crippen LogP contribution in [0, 0.1) is 0 Å².